The van der Waals surface area contributed by atoms with Gasteiger partial charge in [-0.15, -0.1) is 0 Å². The lowest BCUT2D eigenvalue weighted by Crippen LogP contribution is -2.42. The number of hydrogen-bond acceptors (Lipinski definition) is 4. The van der Waals surface area contributed by atoms with E-state index in [0.29, 0.717) is 38.4 Å². The minimum absolute atomic E-state index is 0.0765. The Kier molecular flexibility index (Phi) is 5.29. The number of benzene rings is 1. The van der Waals surface area contributed by atoms with Crippen LogP contribution in [0.3, 0.4) is 0 Å². The van der Waals surface area contributed by atoms with Crippen molar-refractivity contribution in [3.63, 3.8) is 0 Å². The second-order valence-corrected chi connectivity index (χ2v) is 8.11. The topological polar surface area (TPSA) is 78.6 Å². The van der Waals surface area contributed by atoms with Gasteiger partial charge in [0.05, 0.1) is 16.8 Å². The molecule has 0 radical (unpaired) electrons. The van der Waals surface area contributed by atoms with Crippen molar-refractivity contribution < 1.29 is 17.9 Å². The third kappa shape index (κ3) is 4.95. The monoisotopic (exact) mass is 377 g/mol. The largest absolute Gasteiger partial charge is 0.492 e. The van der Waals surface area contributed by atoms with Crippen molar-refractivity contribution in [1.29, 1.82) is 0 Å². The van der Waals surface area contributed by atoms with Gasteiger partial charge >= 0.3 is 0 Å². The van der Waals surface area contributed by atoms with Gasteiger partial charge in [-0.3, -0.25) is 0 Å². The van der Waals surface area contributed by atoms with Gasteiger partial charge in [-0.2, -0.15) is 0 Å². The van der Waals surface area contributed by atoms with E-state index in [9.17, 15) is 8.42 Å². The maximum atomic E-state index is 11.5. The molecule has 1 saturated heterocycles. The van der Waals surface area contributed by atoms with Gasteiger partial charge in [0.25, 0.3) is 0 Å². The van der Waals surface area contributed by atoms with Crippen LogP contribution in [0.2, 0.25) is 0 Å². The number of hydrogen-bond donors (Lipinski definition) is 1. The van der Waals surface area contributed by atoms with Crippen LogP contribution in [0.25, 0.3) is 0 Å². The Morgan fingerprint density at radius 3 is 2.62 bits per heavy atom. The number of sulfonamides is 1. The van der Waals surface area contributed by atoms with E-state index in [-0.39, 0.29) is 5.75 Å². The normalized spacial score (nSPS) is 18.4. The van der Waals surface area contributed by atoms with Crippen LogP contribution in [0, 0.1) is 12.3 Å². The molecule has 118 valence electrons. The molecule has 1 aromatic carbocycles. The minimum atomic E-state index is -3.55. The first-order valence-corrected chi connectivity index (χ1v) is 9.28. The smallest absolute Gasteiger partial charge is 0.209 e. The summed E-state index contributed by atoms with van der Waals surface area (Å²) in [5.41, 5.74) is 0.649. The molecular formula is C14H20BrNO4S. The second kappa shape index (κ2) is 6.64. The molecule has 5 nitrogen and oxygen atoms in total. The molecule has 0 amide bonds. The fraction of sp³-hybridized carbons (Fsp3) is 0.571. The van der Waals surface area contributed by atoms with Gasteiger partial charge in [0, 0.05) is 18.6 Å². The molecular weight excluding hydrogens is 358 g/mol. The van der Waals surface area contributed by atoms with Crippen LogP contribution in [0.5, 0.6) is 5.75 Å². The zero-order chi connectivity index (χ0) is 15.5. The summed E-state index contributed by atoms with van der Waals surface area (Å²) in [6, 6.07) is 5.80. The lowest BCUT2D eigenvalue weighted by molar-refractivity contribution is 0.00196. The molecule has 21 heavy (non-hydrogen) atoms. The third-order valence-electron chi connectivity index (χ3n) is 3.68. The molecule has 1 fully saturated rings. The van der Waals surface area contributed by atoms with Gasteiger partial charge < -0.3 is 9.47 Å². The van der Waals surface area contributed by atoms with Crippen molar-refractivity contribution in [3.05, 3.63) is 28.2 Å². The molecule has 0 spiro atoms. The molecule has 0 aromatic heterocycles. The molecule has 0 saturated carbocycles. The molecule has 1 aliphatic heterocycles. The SMILES string of the molecule is Cc1ccc(OCC2(CS(N)(=O)=O)CCOCC2)c(Br)c1. The van der Waals surface area contributed by atoms with Gasteiger partial charge in [0.15, 0.2) is 0 Å². The number of primary sulfonamides is 1. The van der Waals surface area contributed by atoms with Crippen LogP contribution in [-0.2, 0) is 14.8 Å². The second-order valence-electron chi connectivity index (χ2n) is 5.64. The summed E-state index contributed by atoms with van der Waals surface area (Å²) < 4.78 is 35.0. The van der Waals surface area contributed by atoms with E-state index in [1.54, 1.807) is 0 Å². The van der Waals surface area contributed by atoms with E-state index in [2.05, 4.69) is 15.9 Å². The summed E-state index contributed by atoms with van der Waals surface area (Å²) in [5, 5.41) is 5.24. The van der Waals surface area contributed by atoms with E-state index in [1.807, 2.05) is 25.1 Å². The Balaban J connectivity index is 2.12. The Morgan fingerprint density at radius 1 is 1.38 bits per heavy atom. The fourth-order valence-electron chi connectivity index (χ4n) is 2.52. The number of nitrogens with two attached hydrogens (primary N) is 1. The summed E-state index contributed by atoms with van der Waals surface area (Å²) in [6.07, 6.45) is 1.26. The summed E-state index contributed by atoms with van der Waals surface area (Å²) in [5.74, 6) is 0.633. The Labute approximate surface area is 134 Å². The van der Waals surface area contributed by atoms with Gasteiger partial charge in [0.1, 0.15) is 5.75 Å². The van der Waals surface area contributed by atoms with Crippen LogP contribution in [0.1, 0.15) is 18.4 Å². The molecule has 7 heteroatoms. The summed E-state index contributed by atoms with van der Waals surface area (Å²) in [6.45, 7) is 3.38. The Bertz CT molecular complexity index is 597. The molecule has 2 N–H and O–H groups in total. The van der Waals surface area contributed by atoms with Crippen molar-refractivity contribution in [1.82, 2.24) is 0 Å². The molecule has 1 aliphatic rings. The highest BCUT2D eigenvalue weighted by Crippen LogP contribution is 2.34. The van der Waals surface area contributed by atoms with Crippen LogP contribution in [-0.4, -0.2) is 34.0 Å². The average molecular weight is 378 g/mol. The lowest BCUT2D eigenvalue weighted by Gasteiger charge is -2.36. The van der Waals surface area contributed by atoms with Gasteiger partial charge in [0.2, 0.25) is 10.0 Å². The van der Waals surface area contributed by atoms with Crippen LogP contribution in [0.15, 0.2) is 22.7 Å². The van der Waals surface area contributed by atoms with E-state index in [0.717, 1.165) is 10.0 Å². The first-order valence-electron chi connectivity index (χ1n) is 6.77. The number of halogens is 1. The van der Waals surface area contributed by atoms with Crippen molar-refractivity contribution in [2.24, 2.45) is 10.6 Å². The fourth-order valence-corrected chi connectivity index (χ4v) is 4.35. The van der Waals surface area contributed by atoms with E-state index < -0.39 is 15.4 Å². The summed E-state index contributed by atoms with van der Waals surface area (Å²) in [7, 11) is -3.55. The maximum Gasteiger partial charge on any atom is 0.209 e. The van der Waals surface area contributed by atoms with Crippen LogP contribution >= 0.6 is 15.9 Å². The molecule has 2 rings (SSSR count). The first-order chi connectivity index (χ1) is 9.80. The standard InChI is InChI=1S/C14H20BrNO4S/c1-11-2-3-13(12(15)8-11)20-9-14(10-21(16,17)18)4-6-19-7-5-14/h2-3,8H,4-7,9-10H2,1H3,(H2,16,17,18). The quantitative estimate of drug-likeness (QED) is 0.852. The highest BCUT2D eigenvalue weighted by Gasteiger charge is 2.37. The number of aryl methyl sites for hydroxylation is 1. The van der Waals surface area contributed by atoms with Crippen molar-refractivity contribution in [2.75, 3.05) is 25.6 Å². The summed E-state index contributed by atoms with van der Waals surface area (Å²) >= 11 is 3.46. The van der Waals surface area contributed by atoms with Gasteiger partial charge in [-0.05, 0) is 53.4 Å². The maximum absolute atomic E-state index is 11.5. The average Bonchev–Trinajstić information content (AvgIpc) is 2.37. The predicted octanol–water partition coefficient (Wildman–Crippen LogP) is 2.22. The van der Waals surface area contributed by atoms with E-state index in [4.69, 9.17) is 14.6 Å². The van der Waals surface area contributed by atoms with Crippen molar-refractivity contribution in [3.8, 4) is 5.75 Å². The zero-order valence-corrected chi connectivity index (χ0v) is 14.4. The van der Waals surface area contributed by atoms with Crippen molar-refractivity contribution >= 4 is 26.0 Å². The minimum Gasteiger partial charge on any atom is -0.492 e. The number of ether oxygens (including phenoxy) is 2. The molecule has 0 unspecified atom stereocenters. The van der Waals surface area contributed by atoms with E-state index >= 15 is 0 Å². The highest BCUT2D eigenvalue weighted by molar-refractivity contribution is 9.10. The molecule has 1 aromatic rings. The molecule has 1 heterocycles. The van der Waals surface area contributed by atoms with Gasteiger partial charge in [-0.1, -0.05) is 6.07 Å². The van der Waals surface area contributed by atoms with E-state index in [1.165, 1.54) is 0 Å². The predicted molar refractivity (Wildman–Crippen MR) is 84.8 cm³/mol. The summed E-state index contributed by atoms with van der Waals surface area (Å²) in [4.78, 5) is 0. The van der Waals surface area contributed by atoms with Crippen molar-refractivity contribution in [2.45, 2.75) is 19.8 Å². The number of rotatable bonds is 5. The van der Waals surface area contributed by atoms with Gasteiger partial charge in [-0.25, -0.2) is 13.6 Å². The Morgan fingerprint density at radius 2 is 2.05 bits per heavy atom. The van der Waals surface area contributed by atoms with Crippen LogP contribution in [0.4, 0.5) is 0 Å². The zero-order valence-electron chi connectivity index (χ0n) is 12.0. The lowest BCUT2D eigenvalue weighted by atomic mass is 9.83. The van der Waals surface area contributed by atoms with Crippen LogP contribution < -0.4 is 9.88 Å². The molecule has 0 bridgehead atoms. The third-order valence-corrected chi connectivity index (χ3v) is 5.32. The highest BCUT2D eigenvalue weighted by atomic mass is 79.9. The Hall–Kier alpha value is -0.630. The first kappa shape index (κ1) is 16.7. The molecule has 0 atom stereocenters. The molecule has 0 aliphatic carbocycles.